The number of likely N-dealkylation sites (N-methyl/N-ethyl adjacent to an activating group) is 1. The van der Waals surface area contributed by atoms with Gasteiger partial charge in [-0.15, -0.1) is 0 Å². The van der Waals surface area contributed by atoms with Gasteiger partial charge in [-0.1, -0.05) is 12.1 Å². The van der Waals surface area contributed by atoms with Crippen molar-refractivity contribution < 1.29 is 24.0 Å². The first-order valence-corrected chi connectivity index (χ1v) is 7.90. The van der Waals surface area contributed by atoms with Crippen LogP contribution in [0.4, 0.5) is 5.69 Å². The van der Waals surface area contributed by atoms with Gasteiger partial charge in [-0.05, 0) is 25.5 Å². The first-order chi connectivity index (χ1) is 12.5. The minimum Gasteiger partial charge on any atom is -0.359 e. The molecule has 8 nitrogen and oxygen atoms in total. The van der Waals surface area contributed by atoms with E-state index in [9.17, 15) is 24.0 Å². The second kappa shape index (κ2) is 10.5. The Morgan fingerprint density at radius 3 is 2.54 bits per heavy atom. The first kappa shape index (κ1) is 20.8. The van der Waals surface area contributed by atoms with Crippen LogP contribution in [0, 0.1) is 0 Å². The quantitative estimate of drug-likeness (QED) is 0.474. The van der Waals surface area contributed by atoms with Crippen LogP contribution in [0.25, 0.3) is 0 Å². The number of hydrogen-bond acceptors (Lipinski definition) is 6. The highest BCUT2D eigenvalue weighted by atomic mass is 16.2. The van der Waals surface area contributed by atoms with Crippen molar-refractivity contribution in [3.63, 3.8) is 0 Å². The third kappa shape index (κ3) is 5.97. The van der Waals surface area contributed by atoms with E-state index in [2.05, 4.69) is 10.6 Å². The highest BCUT2D eigenvalue weighted by Gasteiger charge is 2.27. The monoisotopic (exact) mass is 359 g/mol. The van der Waals surface area contributed by atoms with Gasteiger partial charge in [0.15, 0.2) is 0 Å². The van der Waals surface area contributed by atoms with Crippen LogP contribution in [0.5, 0.6) is 0 Å². The molecular weight excluding hydrogens is 338 g/mol. The Morgan fingerprint density at radius 1 is 1.23 bits per heavy atom. The Kier molecular flexibility index (Phi) is 8.42. The van der Waals surface area contributed by atoms with Crippen molar-refractivity contribution in [2.45, 2.75) is 25.8 Å². The van der Waals surface area contributed by atoms with Gasteiger partial charge in [0, 0.05) is 36.5 Å². The lowest BCUT2D eigenvalue weighted by molar-refractivity contribution is -0.143. The Bertz CT molecular complexity index is 715. The van der Waals surface area contributed by atoms with Crippen molar-refractivity contribution in [2.75, 3.05) is 12.4 Å². The smallest absolute Gasteiger partial charge is 0.255 e. The second-order valence-electron chi connectivity index (χ2n) is 5.42. The van der Waals surface area contributed by atoms with E-state index in [1.807, 2.05) is 0 Å². The van der Waals surface area contributed by atoms with E-state index in [1.54, 1.807) is 31.2 Å². The van der Waals surface area contributed by atoms with E-state index in [-0.39, 0.29) is 19.3 Å². The van der Waals surface area contributed by atoms with E-state index >= 15 is 0 Å². The molecule has 1 aromatic rings. The Labute approximate surface area is 151 Å². The SMILES string of the molecule is CNC(=O)C(CCC=O)N(C=O)C(=O)/C=C(\C)Nc1cccc(C=O)c1. The molecule has 3 amide bonds. The van der Waals surface area contributed by atoms with Gasteiger partial charge >= 0.3 is 0 Å². The van der Waals surface area contributed by atoms with Crippen molar-refractivity contribution in [3.05, 3.63) is 41.6 Å². The third-order valence-electron chi connectivity index (χ3n) is 3.52. The highest BCUT2D eigenvalue weighted by Crippen LogP contribution is 2.13. The van der Waals surface area contributed by atoms with Crippen LogP contribution in [0.1, 0.15) is 30.1 Å². The largest absolute Gasteiger partial charge is 0.359 e. The summed E-state index contributed by atoms with van der Waals surface area (Å²) in [5, 5.41) is 5.31. The molecule has 0 aliphatic carbocycles. The molecule has 0 heterocycles. The number of imide groups is 1. The molecule has 8 heteroatoms. The number of carbonyl (C=O) groups excluding carboxylic acids is 5. The molecule has 0 spiro atoms. The van der Waals surface area contributed by atoms with Crippen LogP contribution in [-0.4, -0.2) is 48.8 Å². The normalized spacial score (nSPS) is 11.8. The molecule has 0 fully saturated rings. The van der Waals surface area contributed by atoms with Gasteiger partial charge in [-0.25, -0.2) is 0 Å². The summed E-state index contributed by atoms with van der Waals surface area (Å²) in [4.78, 5) is 57.7. The number of nitrogens with zero attached hydrogens (tertiary/aromatic N) is 1. The van der Waals surface area contributed by atoms with E-state index in [0.29, 0.717) is 29.5 Å². The van der Waals surface area contributed by atoms with Crippen molar-refractivity contribution in [2.24, 2.45) is 0 Å². The van der Waals surface area contributed by atoms with Crippen molar-refractivity contribution in [1.82, 2.24) is 10.2 Å². The summed E-state index contributed by atoms with van der Waals surface area (Å²) in [6, 6.07) is 5.56. The molecule has 0 aliphatic rings. The average Bonchev–Trinajstić information content (AvgIpc) is 2.64. The van der Waals surface area contributed by atoms with Crippen LogP contribution < -0.4 is 10.6 Å². The Hall–Kier alpha value is -3.29. The number of anilines is 1. The van der Waals surface area contributed by atoms with Crippen molar-refractivity contribution >= 4 is 36.5 Å². The molecule has 138 valence electrons. The standard InChI is InChI=1S/C18H21N3O5/c1-13(20-15-6-3-5-14(10-15)11-23)9-17(25)21(12-24)16(7-4-8-22)18(26)19-2/h3,5-6,8-12,16,20H,4,7H2,1-2H3,(H,19,26)/b13-9+. The molecular formula is C18H21N3O5. The fourth-order valence-electron chi connectivity index (χ4n) is 2.28. The number of nitrogens with one attached hydrogen (secondary N) is 2. The molecule has 0 aliphatic heterocycles. The summed E-state index contributed by atoms with van der Waals surface area (Å²) in [6.45, 7) is 1.61. The summed E-state index contributed by atoms with van der Waals surface area (Å²) in [5.41, 5.74) is 1.48. The molecule has 1 aromatic carbocycles. The van der Waals surface area contributed by atoms with E-state index in [0.717, 1.165) is 4.90 Å². The topological polar surface area (TPSA) is 113 Å². The van der Waals surface area contributed by atoms with Gasteiger partial charge in [0.25, 0.3) is 5.91 Å². The maximum atomic E-state index is 12.4. The number of allylic oxidation sites excluding steroid dienone is 1. The molecule has 0 saturated carbocycles. The van der Waals surface area contributed by atoms with Crippen molar-refractivity contribution in [3.8, 4) is 0 Å². The Balaban J connectivity index is 2.95. The van der Waals surface area contributed by atoms with Crippen LogP contribution in [0.2, 0.25) is 0 Å². The number of rotatable bonds is 10. The highest BCUT2D eigenvalue weighted by molar-refractivity contribution is 6.00. The molecule has 0 radical (unpaired) electrons. The molecule has 1 atom stereocenters. The molecule has 1 rings (SSSR count). The predicted octanol–water partition coefficient (Wildman–Crippen LogP) is 0.893. The molecule has 0 bridgehead atoms. The summed E-state index contributed by atoms with van der Waals surface area (Å²) in [5.74, 6) is -1.24. The minimum atomic E-state index is -1.07. The van der Waals surface area contributed by atoms with Gasteiger partial charge in [0.1, 0.15) is 18.6 Å². The number of carbonyl (C=O) groups is 5. The van der Waals surface area contributed by atoms with Gasteiger partial charge in [-0.2, -0.15) is 0 Å². The van der Waals surface area contributed by atoms with Crippen LogP contribution >= 0.6 is 0 Å². The van der Waals surface area contributed by atoms with Gasteiger partial charge in [0.2, 0.25) is 12.3 Å². The summed E-state index contributed by atoms with van der Waals surface area (Å²) >= 11 is 0. The average molecular weight is 359 g/mol. The number of amides is 3. The lowest BCUT2D eigenvalue weighted by Crippen LogP contribution is -2.47. The van der Waals surface area contributed by atoms with Crippen LogP contribution in [0.15, 0.2) is 36.0 Å². The lowest BCUT2D eigenvalue weighted by Gasteiger charge is -2.24. The summed E-state index contributed by atoms with van der Waals surface area (Å²) in [6.07, 6.45) is 2.82. The molecule has 26 heavy (non-hydrogen) atoms. The molecule has 1 unspecified atom stereocenters. The van der Waals surface area contributed by atoms with Gasteiger partial charge < -0.3 is 15.4 Å². The first-order valence-electron chi connectivity index (χ1n) is 7.90. The van der Waals surface area contributed by atoms with E-state index < -0.39 is 17.9 Å². The Morgan fingerprint density at radius 2 is 1.96 bits per heavy atom. The molecule has 2 N–H and O–H groups in total. The molecule has 0 aromatic heterocycles. The zero-order valence-corrected chi connectivity index (χ0v) is 14.6. The summed E-state index contributed by atoms with van der Waals surface area (Å²) in [7, 11) is 1.38. The molecule has 0 saturated heterocycles. The maximum absolute atomic E-state index is 12.4. The lowest BCUT2D eigenvalue weighted by atomic mass is 10.1. The van der Waals surface area contributed by atoms with E-state index in [1.165, 1.54) is 13.1 Å². The number of aldehydes is 2. The minimum absolute atomic E-state index is 0.0368. The summed E-state index contributed by atoms with van der Waals surface area (Å²) < 4.78 is 0. The zero-order chi connectivity index (χ0) is 19.5. The third-order valence-corrected chi connectivity index (χ3v) is 3.52. The van der Waals surface area contributed by atoms with Crippen LogP contribution in [0.3, 0.4) is 0 Å². The predicted molar refractivity (Wildman–Crippen MR) is 95.3 cm³/mol. The second-order valence-corrected chi connectivity index (χ2v) is 5.42. The maximum Gasteiger partial charge on any atom is 0.255 e. The van der Waals surface area contributed by atoms with Gasteiger partial charge in [0.05, 0.1) is 0 Å². The number of hydrogen-bond donors (Lipinski definition) is 2. The zero-order valence-electron chi connectivity index (χ0n) is 14.6. The fraction of sp³-hybridized carbons (Fsp3) is 0.278. The van der Waals surface area contributed by atoms with Crippen LogP contribution in [-0.2, 0) is 19.2 Å². The number of benzene rings is 1. The van der Waals surface area contributed by atoms with Crippen molar-refractivity contribution in [1.29, 1.82) is 0 Å². The van der Waals surface area contributed by atoms with E-state index in [4.69, 9.17) is 0 Å². The fourth-order valence-corrected chi connectivity index (χ4v) is 2.28. The van der Waals surface area contributed by atoms with Gasteiger partial charge in [-0.3, -0.25) is 24.1 Å².